The van der Waals surface area contributed by atoms with Crippen molar-refractivity contribution in [3.05, 3.63) is 42.4 Å². The van der Waals surface area contributed by atoms with E-state index in [1.165, 1.54) is 17.4 Å². The maximum Gasteiger partial charge on any atom is 0.263 e. The van der Waals surface area contributed by atoms with Crippen molar-refractivity contribution in [3.63, 3.8) is 0 Å². The Balaban J connectivity index is 2.35. The highest BCUT2D eigenvalue weighted by molar-refractivity contribution is 6.31. The van der Waals surface area contributed by atoms with Crippen molar-refractivity contribution < 1.29 is 9.59 Å². The van der Waals surface area contributed by atoms with E-state index in [0.717, 1.165) is 0 Å². The van der Waals surface area contributed by atoms with E-state index >= 15 is 0 Å². The van der Waals surface area contributed by atoms with Crippen molar-refractivity contribution in [2.24, 2.45) is 0 Å². The van der Waals surface area contributed by atoms with Crippen LogP contribution in [-0.4, -0.2) is 33.7 Å². The fourth-order valence-electron chi connectivity index (χ4n) is 2.69. The lowest BCUT2D eigenvalue weighted by molar-refractivity contribution is -0.115. The molecule has 0 saturated heterocycles. The minimum atomic E-state index is -0.350. The van der Waals surface area contributed by atoms with Gasteiger partial charge in [-0.1, -0.05) is 12.1 Å². The summed E-state index contributed by atoms with van der Waals surface area (Å²) in [5.41, 5.74) is 1.50. The number of aromatic nitrogens is 2. The Morgan fingerprint density at radius 1 is 1.26 bits per heavy atom. The zero-order chi connectivity index (χ0) is 16.6. The summed E-state index contributed by atoms with van der Waals surface area (Å²) in [5, 5.41) is 0. The van der Waals surface area contributed by atoms with Gasteiger partial charge in [-0.2, -0.15) is 0 Å². The first-order valence-corrected chi connectivity index (χ1v) is 7.71. The van der Waals surface area contributed by atoms with Crippen molar-refractivity contribution in [2.75, 3.05) is 15.7 Å². The number of fused-ring (bicyclic) bond motifs is 2. The highest BCUT2D eigenvalue weighted by Gasteiger charge is 2.35. The molecule has 2 amide bonds. The van der Waals surface area contributed by atoms with Gasteiger partial charge in [-0.15, -0.1) is 11.6 Å². The summed E-state index contributed by atoms with van der Waals surface area (Å²) >= 11 is 5.77. The molecule has 2 aromatic rings. The van der Waals surface area contributed by atoms with Gasteiger partial charge in [-0.25, -0.2) is 9.97 Å². The third kappa shape index (κ3) is 2.45. The minimum Gasteiger partial charge on any atom is -0.304 e. The Morgan fingerprint density at radius 3 is 2.61 bits per heavy atom. The number of amides is 2. The number of carbonyl (C=O) groups is 2. The predicted molar refractivity (Wildman–Crippen MR) is 88.3 cm³/mol. The average molecular weight is 331 g/mol. The molecule has 2 heterocycles. The summed E-state index contributed by atoms with van der Waals surface area (Å²) in [6.45, 7) is 3.83. The Hall–Kier alpha value is -2.47. The summed E-state index contributed by atoms with van der Waals surface area (Å²) in [6, 6.07) is 7.12. The summed E-state index contributed by atoms with van der Waals surface area (Å²) < 4.78 is 0. The van der Waals surface area contributed by atoms with Crippen LogP contribution in [0.4, 0.5) is 17.2 Å². The molecule has 0 spiro atoms. The van der Waals surface area contributed by atoms with Gasteiger partial charge in [0.2, 0.25) is 5.91 Å². The molecular formula is C16H15ClN4O2. The van der Waals surface area contributed by atoms with Gasteiger partial charge in [0.25, 0.3) is 5.91 Å². The number of rotatable bonds is 2. The molecule has 23 heavy (non-hydrogen) atoms. The molecule has 1 aliphatic rings. The molecule has 0 aliphatic carbocycles. The quantitative estimate of drug-likeness (QED) is 0.794. The van der Waals surface area contributed by atoms with Crippen molar-refractivity contribution in [1.82, 2.24) is 9.97 Å². The Bertz CT molecular complexity index is 778. The molecule has 0 unspecified atom stereocenters. The van der Waals surface area contributed by atoms with E-state index in [4.69, 9.17) is 11.6 Å². The number of hydrogen-bond acceptors (Lipinski definition) is 4. The van der Waals surface area contributed by atoms with Crippen LogP contribution in [0.15, 0.2) is 36.8 Å². The van der Waals surface area contributed by atoms with E-state index < -0.39 is 0 Å². The minimum absolute atomic E-state index is 0.0947. The average Bonchev–Trinajstić information content (AvgIpc) is 2.66. The van der Waals surface area contributed by atoms with Crippen LogP contribution < -0.4 is 9.80 Å². The van der Waals surface area contributed by atoms with Gasteiger partial charge in [-0.05, 0) is 26.0 Å². The largest absolute Gasteiger partial charge is 0.304 e. The molecule has 0 bridgehead atoms. The Labute approximate surface area is 138 Å². The Morgan fingerprint density at radius 2 is 1.96 bits per heavy atom. The summed E-state index contributed by atoms with van der Waals surface area (Å²) in [6.07, 6.45) is 2.74. The van der Waals surface area contributed by atoms with Gasteiger partial charge in [0.1, 0.15) is 17.8 Å². The monoisotopic (exact) mass is 330 g/mol. The number of alkyl halides is 1. The van der Waals surface area contributed by atoms with Gasteiger partial charge in [0.05, 0.1) is 11.4 Å². The van der Waals surface area contributed by atoms with Crippen LogP contribution in [-0.2, 0) is 4.79 Å². The standard InChI is InChI=1S/C16H15ClN4O2/c1-10(2)20-12-5-3-4-6-13(12)21(14(22)7-17)15-11(16(20)23)8-18-9-19-15/h3-6,8-10H,7H2,1-2H3. The molecule has 0 atom stereocenters. The highest BCUT2D eigenvalue weighted by Crippen LogP contribution is 2.40. The van der Waals surface area contributed by atoms with Crippen LogP contribution in [0.25, 0.3) is 0 Å². The molecule has 0 radical (unpaired) electrons. The van der Waals surface area contributed by atoms with Gasteiger partial charge >= 0.3 is 0 Å². The zero-order valence-electron chi connectivity index (χ0n) is 12.7. The van der Waals surface area contributed by atoms with Crippen molar-refractivity contribution in [3.8, 4) is 0 Å². The lowest BCUT2D eigenvalue weighted by Gasteiger charge is -2.27. The molecule has 1 aromatic heterocycles. The van der Waals surface area contributed by atoms with Gasteiger partial charge in [0.15, 0.2) is 5.82 Å². The lowest BCUT2D eigenvalue weighted by Crippen LogP contribution is -2.36. The van der Waals surface area contributed by atoms with E-state index in [-0.39, 0.29) is 35.1 Å². The fraction of sp³-hybridized carbons (Fsp3) is 0.250. The van der Waals surface area contributed by atoms with E-state index in [9.17, 15) is 9.59 Å². The number of halogens is 1. The first-order valence-electron chi connectivity index (χ1n) is 7.17. The smallest absolute Gasteiger partial charge is 0.263 e. The second-order valence-corrected chi connectivity index (χ2v) is 5.65. The first kappa shape index (κ1) is 15.4. The van der Waals surface area contributed by atoms with Crippen LogP contribution in [0.3, 0.4) is 0 Å². The van der Waals surface area contributed by atoms with E-state index in [1.807, 2.05) is 26.0 Å². The maximum atomic E-state index is 13.0. The van der Waals surface area contributed by atoms with Gasteiger partial charge in [-0.3, -0.25) is 14.5 Å². The molecule has 1 aliphatic heterocycles. The van der Waals surface area contributed by atoms with E-state index in [0.29, 0.717) is 11.4 Å². The molecule has 1 aromatic carbocycles. The highest BCUT2D eigenvalue weighted by atomic mass is 35.5. The van der Waals surface area contributed by atoms with Gasteiger partial charge < -0.3 is 4.90 Å². The SMILES string of the molecule is CC(C)N1C(=O)c2cncnc2N(C(=O)CCl)c2ccccc21. The molecular weight excluding hydrogens is 316 g/mol. The van der Waals surface area contributed by atoms with Crippen LogP contribution in [0.1, 0.15) is 24.2 Å². The number of para-hydroxylation sites is 2. The summed E-state index contributed by atoms with van der Waals surface area (Å²) in [4.78, 5) is 36.5. The topological polar surface area (TPSA) is 66.4 Å². The van der Waals surface area contributed by atoms with Crippen molar-refractivity contribution in [1.29, 1.82) is 0 Å². The number of carbonyl (C=O) groups excluding carboxylic acids is 2. The number of hydrogen-bond donors (Lipinski definition) is 0. The third-order valence-corrected chi connectivity index (χ3v) is 3.84. The van der Waals surface area contributed by atoms with Crippen LogP contribution in [0.2, 0.25) is 0 Å². The second kappa shape index (κ2) is 5.96. The molecule has 3 rings (SSSR count). The predicted octanol–water partition coefficient (Wildman–Crippen LogP) is 2.75. The molecule has 118 valence electrons. The molecule has 0 saturated carbocycles. The van der Waals surface area contributed by atoms with Crippen molar-refractivity contribution >= 4 is 40.6 Å². The second-order valence-electron chi connectivity index (χ2n) is 5.38. The number of nitrogens with zero attached hydrogens (tertiary/aromatic N) is 4. The van der Waals surface area contributed by atoms with Gasteiger partial charge in [0, 0.05) is 12.2 Å². The van der Waals surface area contributed by atoms with Crippen LogP contribution >= 0.6 is 11.6 Å². The molecule has 6 nitrogen and oxygen atoms in total. The fourth-order valence-corrected chi connectivity index (χ4v) is 2.81. The normalized spacial score (nSPS) is 13.7. The van der Waals surface area contributed by atoms with E-state index in [2.05, 4.69) is 9.97 Å². The van der Waals surface area contributed by atoms with Crippen LogP contribution in [0.5, 0.6) is 0 Å². The third-order valence-electron chi connectivity index (χ3n) is 3.61. The zero-order valence-corrected chi connectivity index (χ0v) is 13.5. The van der Waals surface area contributed by atoms with Crippen LogP contribution in [0, 0.1) is 0 Å². The molecule has 0 N–H and O–H groups in total. The molecule has 0 fully saturated rings. The number of benzene rings is 1. The maximum absolute atomic E-state index is 13.0. The summed E-state index contributed by atoms with van der Waals surface area (Å²) in [7, 11) is 0. The first-order chi connectivity index (χ1) is 11.1. The van der Waals surface area contributed by atoms with E-state index in [1.54, 1.807) is 17.0 Å². The summed E-state index contributed by atoms with van der Waals surface area (Å²) in [5.74, 6) is -0.551. The Kier molecular flexibility index (Phi) is 4.00. The van der Waals surface area contributed by atoms with Crippen molar-refractivity contribution in [2.45, 2.75) is 19.9 Å². The lowest BCUT2D eigenvalue weighted by atomic mass is 10.2. The molecule has 7 heteroatoms. The number of anilines is 3.